The molecule has 30 heavy (non-hydrogen) atoms. The summed E-state index contributed by atoms with van der Waals surface area (Å²) in [5.74, 6) is -0.838. The highest BCUT2D eigenvalue weighted by Gasteiger charge is 2.15. The third kappa shape index (κ3) is 3.48. The summed E-state index contributed by atoms with van der Waals surface area (Å²) < 4.78 is 33.1. The average Bonchev–Trinajstić information content (AvgIpc) is 3.37. The van der Waals surface area contributed by atoms with Crippen molar-refractivity contribution in [2.45, 2.75) is 6.54 Å². The van der Waals surface area contributed by atoms with E-state index in [4.69, 9.17) is 16.1 Å². The number of halogens is 3. The highest BCUT2D eigenvalue weighted by atomic mass is 35.5. The highest BCUT2D eigenvalue weighted by molar-refractivity contribution is 6.30. The van der Waals surface area contributed by atoms with Gasteiger partial charge in [-0.15, -0.1) is 0 Å². The molecule has 0 bridgehead atoms. The second-order valence-corrected chi connectivity index (χ2v) is 7.37. The number of H-pyrrole nitrogens is 1. The van der Waals surface area contributed by atoms with Crippen molar-refractivity contribution < 1.29 is 13.3 Å². The molecule has 0 saturated heterocycles. The summed E-state index contributed by atoms with van der Waals surface area (Å²) >= 11 is 5.93. The van der Waals surface area contributed by atoms with E-state index in [1.54, 1.807) is 12.1 Å². The number of hydrogen-bond acceptors (Lipinski definition) is 4. The van der Waals surface area contributed by atoms with Crippen molar-refractivity contribution in [3.05, 3.63) is 81.6 Å². The second kappa shape index (κ2) is 7.42. The zero-order valence-corrected chi connectivity index (χ0v) is 16.3. The summed E-state index contributed by atoms with van der Waals surface area (Å²) in [6, 6.07) is 13.3. The fourth-order valence-corrected chi connectivity index (χ4v) is 3.49. The van der Waals surface area contributed by atoms with Crippen molar-refractivity contribution in [1.29, 1.82) is 0 Å². The predicted octanol–water partition coefficient (Wildman–Crippen LogP) is 3.70. The van der Waals surface area contributed by atoms with Gasteiger partial charge in [0.15, 0.2) is 17.4 Å². The van der Waals surface area contributed by atoms with Crippen LogP contribution in [0.2, 0.25) is 5.02 Å². The van der Waals surface area contributed by atoms with E-state index in [9.17, 15) is 8.78 Å². The van der Waals surface area contributed by atoms with E-state index in [1.165, 1.54) is 12.1 Å². The molecule has 0 amide bonds. The number of fused-ring (bicyclic) bond motifs is 1. The molecule has 150 valence electrons. The second-order valence-electron chi connectivity index (χ2n) is 6.93. The maximum Gasteiger partial charge on any atom is 0.169 e. The number of hydrogen-bond donors (Lipinski definition) is 1. The first kappa shape index (κ1) is 18.6. The molecule has 5 nitrogen and oxygen atoms in total. The van der Waals surface area contributed by atoms with Gasteiger partial charge in [0, 0.05) is 29.4 Å². The Kier molecular flexibility index (Phi) is 4.59. The summed E-state index contributed by atoms with van der Waals surface area (Å²) in [7, 11) is 0. The van der Waals surface area contributed by atoms with Crippen LogP contribution in [0.3, 0.4) is 0 Å². The van der Waals surface area contributed by atoms with Crippen LogP contribution in [0.25, 0.3) is 34.9 Å². The first-order valence-electron chi connectivity index (χ1n) is 9.25. The lowest BCUT2D eigenvalue weighted by atomic mass is 10.1. The van der Waals surface area contributed by atoms with Gasteiger partial charge in [0.2, 0.25) is 0 Å². The van der Waals surface area contributed by atoms with Crippen molar-refractivity contribution in [3.8, 4) is 22.6 Å². The fraction of sp³-hybridized carbons (Fsp3) is 0.0909. The minimum absolute atomic E-state index is 0.0978. The van der Waals surface area contributed by atoms with Crippen LogP contribution in [0, 0.1) is 11.6 Å². The summed E-state index contributed by atoms with van der Waals surface area (Å²) in [5, 5.41) is 6.20. The molecule has 0 unspecified atom stereocenters. The maximum absolute atomic E-state index is 14.1. The Bertz CT molecular complexity index is 1340. The third-order valence-electron chi connectivity index (χ3n) is 4.86. The smallest absolute Gasteiger partial charge is 0.169 e. The standard InChI is InChI=1S/C22H15ClF2N4O/c23-14-6-4-13(5-7-14)19-10-15(30-28-19)11-29-9-8-18-20(12-29)27-22(26-18)16-2-1-3-17(24)21(16)25/h1-8,10,12H,9,11H2,(H,26,27). The number of benzene rings is 2. The zero-order valence-electron chi connectivity index (χ0n) is 15.6. The molecule has 0 spiro atoms. The molecule has 3 heterocycles. The minimum Gasteiger partial charge on any atom is -0.364 e. The number of nitrogens with zero attached hydrogens (tertiary/aromatic N) is 3. The van der Waals surface area contributed by atoms with Gasteiger partial charge < -0.3 is 14.4 Å². The van der Waals surface area contributed by atoms with Crippen LogP contribution in [0.15, 0.2) is 53.1 Å². The van der Waals surface area contributed by atoms with Crippen molar-refractivity contribution in [1.82, 2.24) is 20.0 Å². The summed E-state index contributed by atoms with van der Waals surface area (Å²) in [6.45, 7) is 1.10. The number of aromatic nitrogens is 3. The lowest BCUT2D eigenvalue weighted by molar-refractivity contribution is 0.330. The maximum atomic E-state index is 14.1. The molecule has 1 aliphatic rings. The first-order chi connectivity index (χ1) is 14.6. The molecule has 8 heteroatoms. The Morgan fingerprint density at radius 1 is 1.13 bits per heavy atom. The number of nitrogens with one attached hydrogen (secondary N) is 1. The molecule has 1 N–H and O–H groups in total. The Hall–Kier alpha value is -3.45. The molecule has 2 aromatic heterocycles. The quantitative estimate of drug-likeness (QED) is 0.542. The molecule has 5 rings (SSSR count). The largest absolute Gasteiger partial charge is 0.364 e. The number of aromatic amines is 1. The van der Waals surface area contributed by atoms with Gasteiger partial charge in [-0.1, -0.05) is 35.0 Å². The van der Waals surface area contributed by atoms with Gasteiger partial charge in [-0.05, 0) is 30.3 Å². The summed E-state index contributed by atoms with van der Waals surface area (Å²) in [4.78, 5) is 9.47. The normalized spacial score (nSPS) is 13.0. The third-order valence-corrected chi connectivity index (χ3v) is 5.11. The van der Waals surface area contributed by atoms with E-state index in [0.29, 0.717) is 29.2 Å². The average molecular weight is 425 g/mol. The molecule has 0 fully saturated rings. The van der Waals surface area contributed by atoms with Crippen molar-refractivity contribution in [3.63, 3.8) is 0 Å². The van der Waals surface area contributed by atoms with Gasteiger partial charge in [-0.3, -0.25) is 0 Å². The monoisotopic (exact) mass is 424 g/mol. The lowest BCUT2D eigenvalue weighted by Gasteiger charge is -2.17. The van der Waals surface area contributed by atoms with Crippen molar-refractivity contribution in [2.75, 3.05) is 6.54 Å². The van der Waals surface area contributed by atoms with E-state index in [2.05, 4.69) is 15.1 Å². The van der Waals surface area contributed by atoms with E-state index in [0.717, 1.165) is 22.7 Å². The van der Waals surface area contributed by atoms with Gasteiger partial charge in [0.1, 0.15) is 11.5 Å². The number of imidazole rings is 1. The van der Waals surface area contributed by atoms with E-state index in [1.807, 2.05) is 35.4 Å². The molecule has 1 aliphatic heterocycles. The Balaban J connectivity index is 1.39. The van der Waals surface area contributed by atoms with Crippen LogP contribution in [-0.4, -0.2) is 26.6 Å². The molecule has 4 aromatic rings. The molecule has 0 aliphatic carbocycles. The molecular weight excluding hydrogens is 410 g/mol. The Labute approximate surface area is 174 Å². The molecule has 0 saturated carbocycles. The first-order valence-corrected chi connectivity index (χ1v) is 9.62. The van der Waals surface area contributed by atoms with Crippen LogP contribution in [0.1, 0.15) is 5.76 Å². The topological polar surface area (TPSA) is 58.0 Å². The summed E-state index contributed by atoms with van der Waals surface area (Å²) in [6.07, 6.45) is 3.80. The predicted molar refractivity (Wildman–Crippen MR) is 109 cm³/mol. The van der Waals surface area contributed by atoms with E-state index < -0.39 is 11.6 Å². The fourth-order valence-electron chi connectivity index (χ4n) is 3.36. The Morgan fingerprint density at radius 3 is 2.80 bits per heavy atom. The zero-order chi connectivity index (χ0) is 20.7. The van der Waals surface area contributed by atoms with Crippen LogP contribution < -0.4 is 10.7 Å². The summed E-state index contributed by atoms with van der Waals surface area (Å²) in [5.41, 5.74) is 1.75. The molecule has 2 aromatic carbocycles. The van der Waals surface area contributed by atoms with Gasteiger partial charge in [0.25, 0.3) is 0 Å². The van der Waals surface area contributed by atoms with Crippen molar-refractivity contribution in [2.24, 2.45) is 0 Å². The van der Waals surface area contributed by atoms with Gasteiger partial charge >= 0.3 is 0 Å². The van der Waals surface area contributed by atoms with E-state index in [-0.39, 0.29) is 11.4 Å². The number of rotatable bonds is 4. The van der Waals surface area contributed by atoms with E-state index >= 15 is 0 Å². The van der Waals surface area contributed by atoms with Crippen LogP contribution in [0.4, 0.5) is 8.78 Å². The van der Waals surface area contributed by atoms with Gasteiger partial charge in [0.05, 0.1) is 22.8 Å². The molecule has 0 radical (unpaired) electrons. The molecule has 0 atom stereocenters. The van der Waals surface area contributed by atoms with Gasteiger partial charge in [-0.25, -0.2) is 13.8 Å². The van der Waals surface area contributed by atoms with Crippen molar-refractivity contribution >= 4 is 23.9 Å². The Morgan fingerprint density at radius 2 is 1.97 bits per heavy atom. The van der Waals surface area contributed by atoms with Crippen LogP contribution in [-0.2, 0) is 6.54 Å². The lowest BCUT2D eigenvalue weighted by Crippen LogP contribution is -2.35. The molecular formula is C22H15ClF2N4O. The van der Waals surface area contributed by atoms with Crippen LogP contribution >= 0.6 is 11.6 Å². The minimum atomic E-state index is -0.920. The van der Waals surface area contributed by atoms with Crippen LogP contribution in [0.5, 0.6) is 0 Å². The van der Waals surface area contributed by atoms with Gasteiger partial charge in [-0.2, -0.15) is 0 Å². The highest BCUT2D eigenvalue weighted by Crippen LogP contribution is 2.22. The SMILES string of the molecule is Fc1cccc(-c2nc3c([nH]2)=CN(Cc2cc(-c4ccc(Cl)cc4)no2)CC=3)c1F.